The van der Waals surface area contributed by atoms with E-state index in [4.69, 9.17) is 0 Å². The van der Waals surface area contributed by atoms with Crippen LogP contribution in [0.15, 0.2) is 0 Å². The summed E-state index contributed by atoms with van der Waals surface area (Å²) < 4.78 is 0. The molecular weight excluding hydrogens is 578 g/mol. The van der Waals surface area contributed by atoms with Crippen LogP contribution in [0.2, 0.25) is 0 Å². The van der Waals surface area contributed by atoms with Gasteiger partial charge in [-0.05, 0) is 0 Å². The Kier molecular flexibility index (Phi) is 608. The molecule has 0 aliphatic carbocycles. The van der Waals surface area contributed by atoms with Gasteiger partial charge in [-0.1, -0.05) is 0 Å². The van der Waals surface area contributed by atoms with E-state index in [1.807, 2.05) is 0 Å². The number of hydrogen-bond donors (Lipinski definition) is 0. The molecule has 0 aliphatic heterocycles. The second kappa shape index (κ2) is 61.2. The van der Waals surface area contributed by atoms with Gasteiger partial charge in [0.05, 0.1) is 0 Å². The molecule has 0 spiro atoms. The summed E-state index contributed by atoms with van der Waals surface area (Å²) in [4.78, 5) is 0. The van der Waals surface area contributed by atoms with Gasteiger partial charge in [-0.25, -0.2) is 0 Å². The Morgan fingerprint density at radius 2 is 0.625 bits per heavy atom. The minimum Gasteiger partial charge on any atom is -0.412 e. The first-order chi connectivity index (χ1) is 0. The van der Waals surface area contributed by atoms with E-state index < -0.39 is 0 Å². The Morgan fingerprint density at radius 3 is 0.625 bits per heavy atom. The molecule has 8 heavy (non-hydrogen) atoms. The van der Waals surface area contributed by atoms with Crippen LogP contribution >= 0.6 is 0 Å². The molecule has 8 N–H and O–H groups in total. The van der Waals surface area contributed by atoms with Gasteiger partial charge < -0.3 is 21.9 Å². The molecule has 8 heteroatoms. The molecule has 0 saturated carbocycles. The summed E-state index contributed by atoms with van der Waals surface area (Å²) in [5, 5.41) is 0. The van der Waals surface area contributed by atoms with E-state index in [0.717, 1.165) is 0 Å². The molecular formula is H8CeLaNdO4Zr. The first kappa shape index (κ1) is 79.5. The Hall–Kier alpha value is 4.65. The van der Waals surface area contributed by atoms with Crippen LogP contribution in [-0.4, -0.2) is 21.9 Å². The molecule has 0 aliphatic rings. The quantitative estimate of drug-likeness (QED) is 0.282. The fourth-order valence-electron chi connectivity index (χ4n) is 0. The molecule has 0 fully saturated rings. The fourth-order valence-corrected chi connectivity index (χ4v) is 0. The Morgan fingerprint density at radius 1 is 0.625 bits per heavy atom. The van der Waals surface area contributed by atoms with Crippen LogP contribution in [0.25, 0.3) is 0 Å². The zero-order chi connectivity index (χ0) is 0. The molecule has 0 heterocycles. The molecule has 1 radical (unpaired) electrons. The van der Waals surface area contributed by atoms with Crippen LogP contribution in [0.4, 0.5) is 0 Å². The van der Waals surface area contributed by atoms with Crippen molar-refractivity contribution in [2.45, 2.75) is 0 Å². The van der Waals surface area contributed by atoms with E-state index in [1.165, 1.54) is 0 Å². The van der Waals surface area contributed by atoms with Gasteiger partial charge in [-0.2, -0.15) is 0 Å². The van der Waals surface area contributed by atoms with Gasteiger partial charge in [0.2, 0.25) is 0 Å². The summed E-state index contributed by atoms with van der Waals surface area (Å²) >= 11 is 0. The molecule has 0 amide bonds. The van der Waals surface area contributed by atoms with Crippen molar-refractivity contribution in [2.75, 3.05) is 0 Å². The molecule has 0 bridgehead atoms. The SMILES string of the molecule is O.O.O.O.[Ce].[La].[Nd].[Zr]. The van der Waals surface area contributed by atoms with Crippen LogP contribution in [0.1, 0.15) is 0 Å². The number of rotatable bonds is 0. The molecule has 0 atom stereocenters. The van der Waals surface area contributed by atoms with Crippen LogP contribution < -0.4 is 0 Å². The van der Waals surface area contributed by atoms with Crippen LogP contribution in [0, 0.1) is 118 Å². The van der Waals surface area contributed by atoms with Crippen LogP contribution in [-0.2, 0) is 26.2 Å². The third-order valence-electron chi connectivity index (χ3n) is 0. The van der Waals surface area contributed by atoms with E-state index in [9.17, 15) is 0 Å². The maximum atomic E-state index is 0. The van der Waals surface area contributed by atoms with Gasteiger partial charge >= 0.3 is 0 Å². The summed E-state index contributed by atoms with van der Waals surface area (Å²) in [6.07, 6.45) is 0. The van der Waals surface area contributed by atoms with E-state index in [0.29, 0.717) is 0 Å². The summed E-state index contributed by atoms with van der Waals surface area (Å²) in [7, 11) is 0. The summed E-state index contributed by atoms with van der Waals surface area (Å²) in [5.74, 6) is 0. The van der Waals surface area contributed by atoms with Gasteiger partial charge in [0.25, 0.3) is 0 Å². The third kappa shape index (κ3) is 45.9. The molecule has 0 unspecified atom stereocenters. The monoisotopic (exact) mass is 583 g/mol. The smallest absolute Gasteiger partial charge is 0 e. The molecule has 0 saturated heterocycles. The Bertz CT molecular complexity index is 16.0. The standard InChI is InChI=1S/Ce.La.Nd.4H2O.Zr/h;;;4*1H2;. The average molecular weight is 587 g/mol. The maximum absolute atomic E-state index is 0. The van der Waals surface area contributed by atoms with Crippen molar-refractivity contribution in [2.24, 2.45) is 0 Å². The van der Waals surface area contributed by atoms with Crippen molar-refractivity contribution < 1.29 is 166 Å². The van der Waals surface area contributed by atoms with Crippen molar-refractivity contribution in [3.8, 4) is 0 Å². The Labute approximate surface area is 162 Å². The summed E-state index contributed by atoms with van der Waals surface area (Å²) in [5.41, 5.74) is 0. The summed E-state index contributed by atoms with van der Waals surface area (Å²) in [6, 6.07) is 0. The predicted molar refractivity (Wildman–Crippen MR) is 14.5 cm³/mol. The zero-order valence-corrected chi connectivity index (χ0v) is 16.5. The molecule has 0 aromatic carbocycles. The molecule has 0 aromatic heterocycles. The molecule has 0 rings (SSSR count). The first-order valence-electron chi connectivity index (χ1n) is 0. The van der Waals surface area contributed by atoms with Gasteiger partial charge in [0.1, 0.15) is 0 Å². The third-order valence-corrected chi connectivity index (χ3v) is 0. The molecule has 47 valence electrons. The largest absolute Gasteiger partial charge is 0.412 e. The number of hydrogen-bond acceptors (Lipinski definition) is 0. The minimum atomic E-state index is 0. The van der Waals surface area contributed by atoms with E-state index in [2.05, 4.69) is 0 Å². The van der Waals surface area contributed by atoms with Gasteiger partial charge in [0.15, 0.2) is 0 Å². The maximum Gasteiger partial charge on any atom is 0 e. The topological polar surface area (TPSA) is 126 Å². The van der Waals surface area contributed by atoms with E-state index in [-0.39, 0.29) is 166 Å². The van der Waals surface area contributed by atoms with Crippen LogP contribution in [0.3, 0.4) is 0 Å². The van der Waals surface area contributed by atoms with Gasteiger partial charge in [-0.15, -0.1) is 0 Å². The van der Waals surface area contributed by atoms with Crippen LogP contribution in [0.5, 0.6) is 0 Å². The van der Waals surface area contributed by atoms with E-state index in [1.54, 1.807) is 0 Å². The van der Waals surface area contributed by atoms with Crippen molar-refractivity contribution in [1.82, 2.24) is 0 Å². The zero-order valence-electron chi connectivity index (χ0n) is 4.08. The van der Waals surface area contributed by atoms with E-state index >= 15 is 0 Å². The summed E-state index contributed by atoms with van der Waals surface area (Å²) in [6.45, 7) is 0. The average Bonchev–Trinajstić information content (AvgIpc) is 0. The first-order valence-corrected chi connectivity index (χ1v) is 0. The van der Waals surface area contributed by atoms with Gasteiger partial charge in [0, 0.05) is 144 Å². The van der Waals surface area contributed by atoms with Crippen molar-refractivity contribution in [1.29, 1.82) is 0 Å². The molecule has 4 nitrogen and oxygen atoms in total. The van der Waals surface area contributed by atoms with Gasteiger partial charge in [-0.3, -0.25) is 0 Å². The van der Waals surface area contributed by atoms with Crippen molar-refractivity contribution in [3.63, 3.8) is 0 Å². The minimum absolute atomic E-state index is 0. The fraction of sp³-hybridized carbons (Fsp3) is 0. The Balaban J connectivity index is 0. The second-order valence-electron chi connectivity index (χ2n) is 0. The molecule has 0 aromatic rings. The predicted octanol–water partition coefficient (Wildman–Crippen LogP) is -3.30. The normalized spacial score (nSPS) is 0. The van der Waals surface area contributed by atoms with Crippen molar-refractivity contribution in [3.05, 3.63) is 0 Å². The van der Waals surface area contributed by atoms with Crippen molar-refractivity contribution >= 4 is 0 Å². The second-order valence-corrected chi connectivity index (χ2v) is 0.